The Hall–Kier alpha value is -0.580. The van der Waals surface area contributed by atoms with Gasteiger partial charge in [-0.2, -0.15) is 0 Å². The van der Waals surface area contributed by atoms with Crippen LogP contribution < -0.4 is 4.90 Å². The minimum Gasteiger partial charge on any atom is -0.385 e. The van der Waals surface area contributed by atoms with E-state index in [4.69, 9.17) is 17.0 Å². The van der Waals surface area contributed by atoms with Crippen LogP contribution in [-0.2, 0) is 4.74 Å². The first-order valence-electron chi connectivity index (χ1n) is 5.72. The van der Waals surface area contributed by atoms with Crippen LogP contribution in [0.1, 0.15) is 18.4 Å². The Morgan fingerprint density at radius 2 is 2.06 bits per heavy atom. The molecule has 0 fully saturated rings. The van der Waals surface area contributed by atoms with Crippen molar-refractivity contribution in [3.8, 4) is 0 Å². The molecule has 0 radical (unpaired) electrons. The first-order chi connectivity index (χ1) is 8.16. The van der Waals surface area contributed by atoms with Gasteiger partial charge in [-0.3, -0.25) is 0 Å². The molecule has 0 aliphatic rings. The third kappa shape index (κ3) is 4.66. The number of thiocarbonyl (C=S) groups is 1. The van der Waals surface area contributed by atoms with Crippen LogP contribution in [0, 0.1) is 6.92 Å². The monoisotopic (exact) mass is 269 g/mol. The quantitative estimate of drug-likeness (QED) is 0.483. The zero-order valence-corrected chi connectivity index (χ0v) is 12.1. The maximum Gasteiger partial charge on any atom is 0.137 e. The van der Waals surface area contributed by atoms with Crippen molar-refractivity contribution in [1.82, 2.24) is 0 Å². The number of aryl methyl sites for hydroxylation is 1. The van der Waals surface area contributed by atoms with Crippen molar-refractivity contribution in [3.05, 3.63) is 29.8 Å². The summed E-state index contributed by atoms with van der Waals surface area (Å²) < 4.78 is 5.67. The standard InChI is InChI=1S/C13H19NOS2/c1-11-7-3-4-8-12(11)14(13(16)17)9-5-6-10-15-2/h3-4,7-8H,5-6,9-10H2,1-2H3,(H,16,17). The van der Waals surface area contributed by atoms with Gasteiger partial charge in [0.25, 0.3) is 0 Å². The molecule has 0 saturated carbocycles. The number of rotatable bonds is 6. The number of methoxy groups -OCH3 is 1. The zero-order chi connectivity index (χ0) is 12.7. The molecule has 0 aromatic heterocycles. The summed E-state index contributed by atoms with van der Waals surface area (Å²) in [5.74, 6) is 0. The van der Waals surface area contributed by atoms with E-state index in [-0.39, 0.29) is 0 Å². The smallest absolute Gasteiger partial charge is 0.137 e. The third-order valence-electron chi connectivity index (χ3n) is 2.62. The highest BCUT2D eigenvalue weighted by molar-refractivity contribution is 8.11. The van der Waals surface area contributed by atoms with E-state index in [1.54, 1.807) is 7.11 Å². The van der Waals surface area contributed by atoms with E-state index in [9.17, 15) is 0 Å². The van der Waals surface area contributed by atoms with Crippen LogP contribution in [0.25, 0.3) is 0 Å². The minimum atomic E-state index is 0.622. The van der Waals surface area contributed by atoms with E-state index in [0.29, 0.717) is 4.32 Å². The van der Waals surface area contributed by atoms with Gasteiger partial charge in [0.15, 0.2) is 0 Å². The fraction of sp³-hybridized carbons (Fsp3) is 0.462. The molecule has 0 atom stereocenters. The van der Waals surface area contributed by atoms with Crippen molar-refractivity contribution in [2.45, 2.75) is 19.8 Å². The van der Waals surface area contributed by atoms with Crippen LogP contribution in [0.15, 0.2) is 24.3 Å². The average molecular weight is 269 g/mol. The van der Waals surface area contributed by atoms with Crippen molar-refractivity contribution in [2.75, 3.05) is 25.2 Å². The lowest BCUT2D eigenvalue weighted by Crippen LogP contribution is -2.27. The van der Waals surface area contributed by atoms with Crippen molar-refractivity contribution < 1.29 is 4.74 Å². The highest BCUT2D eigenvalue weighted by Gasteiger charge is 2.10. The summed E-state index contributed by atoms with van der Waals surface area (Å²) in [5, 5.41) is 0. The third-order valence-corrected chi connectivity index (χ3v) is 3.08. The molecule has 17 heavy (non-hydrogen) atoms. The van der Waals surface area contributed by atoms with Crippen molar-refractivity contribution >= 4 is 34.9 Å². The highest BCUT2D eigenvalue weighted by atomic mass is 32.1. The first kappa shape index (κ1) is 14.5. The Balaban J connectivity index is 2.66. The molecule has 0 aliphatic carbocycles. The van der Waals surface area contributed by atoms with Crippen LogP contribution in [0.2, 0.25) is 0 Å². The molecule has 0 heterocycles. The van der Waals surface area contributed by atoms with Gasteiger partial charge in [0.05, 0.1) is 0 Å². The average Bonchev–Trinajstić information content (AvgIpc) is 2.30. The van der Waals surface area contributed by atoms with E-state index in [2.05, 4.69) is 36.6 Å². The number of unbranched alkanes of at least 4 members (excludes halogenated alkanes) is 1. The second-order valence-electron chi connectivity index (χ2n) is 3.92. The number of anilines is 1. The summed E-state index contributed by atoms with van der Waals surface area (Å²) in [7, 11) is 1.72. The van der Waals surface area contributed by atoms with Crippen LogP contribution in [-0.4, -0.2) is 24.6 Å². The largest absolute Gasteiger partial charge is 0.385 e. The lowest BCUT2D eigenvalue weighted by Gasteiger charge is -2.24. The maximum absolute atomic E-state index is 5.20. The summed E-state index contributed by atoms with van der Waals surface area (Å²) >= 11 is 9.50. The lowest BCUT2D eigenvalue weighted by molar-refractivity contribution is 0.193. The van der Waals surface area contributed by atoms with Gasteiger partial charge in [-0.05, 0) is 31.4 Å². The Morgan fingerprint density at radius 1 is 1.35 bits per heavy atom. The molecule has 0 spiro atoms. The maximum atomic E-state index is 5.20. The number of para-hydroxylation sites is 1. The summed E-state index contributed by atoms with van der Waals surface area (Å²) in [5.41, 5.74) is 2.36. The van der Waals surface area contributed by atoms with Crippen LogP contribution in [0.5, 0.6) is 0 Å². The molecule has 4 heteroatoms. The number of benzene rings is 1. The Bertz CT molecular complexity index is 368. The van der Waals surface area contributed by atoms with Gasteiger partial charge in [-0.15, -0.1) is 12.6 Å². The molecule has 0 bridgehead atoms. The van der Waals surface area contributed by atoms with Gasteiger partial charge < -0.3 is 9.64 Å². The van der Waals surface area contributed by atoms with E-state index >= 15 is 0 Å². The van der Waals surface area contributed by atoms with Gasteiger partial charge in [0.1, 0.15) is 4.32 Å². The number of hydrogen-bond donors (Lipinski definition) is 1. The van der Waals surface area contributed by atoms with Gasteiger partial charge in [-0.25, -0.2) is 0 Å². The second kappa shape index (κ2) is 7.69. The van der Waals surface area contributed by atoms with Crippen molar-refractivity contribution in [2.24, 2.45) is 0 Å². The van der Waals surface area contributed by atoms with Crippen LogP contribution in [0.3, 0.4) is 0 Å². The fourth-order valence-corrected chi connectivity index (χ4v) is 2.10. The van der Waals surface area contributed by atoms with E-state index in [1.807, 2.05) is 12.1 Å². The normalized spacial score (nSPS) is 10.3. The number of ether oxygens (including phenoxy) is 1. The minimum absolute atomic E-state index is 0.622. The van der Waals surface area contributed by atoms with Crippen LogP contribution in [0.4, 0.5) is 5.69 Å². The SMILES string of the molecule is COCCCCN(C(=S)S)c1ccccc1C. The summed E-state index contributed by atoms with van der Waals surface area (Å²) in [6.07, 6.45) is 2.08. The molecular formula is C13H19NOS2. The van der Waals surface area contributed by atoms with Crippen LogP contribution >= 0.6 is 24.8 Å². The second-order valence-corrected chi connectivity index (χ2v) is 5.03. The molecule has 1 rings (SSSR count). The molecular weight excluding hydrogens is 250 g/mol. The molecule has 94 valence electrons. The summed E-state index contributed by atoms with van der Waals surface area (Å²) in [4.78, 5) is 2.07. The molecule has 0 saturated heterocycles. The van der Waals surface area contributed by atoms with Crippen molar-refractivity contribution in [1.29, 1.82) is 0 Å². The molecule has 0 unspecified atom stereocenters. The number of hydrogen-bond acceptors (Lipinski definition) is 2. The fourth-order valence-electron chi connectivity index (χ4n) is 1.70. The van der Waals surface area contributed by atoms with E-state index < -0.39 is 0 Å². The Kier molecular flexibility index (Phi) is 6.55. The molecule has 0 aliphatic heterocycles. The predicted octanol–water partition coefficient (Wildman–Crippen LogP) is 3.44. The Labute approximate surface area is 114 Å². The van der Waals surface area contributed by atoms with Gasteiger partial charge >= 0.3 is 0 Å². The van der Waals surface area contributed by atoms with E-state index in [0.717, 1.165) is 31.7 Å². The number of nitrogens with zero attached hydrogens (tertiary/aromatic N) is 1. The first-order valence-corrected chi connectivity index (χ1v) is 6.57. The molecule has 1 aromatic rings. The van der Waals surface area contributed by atoms with Crippen molar-refractivity contribution in [3.63, 3.8) is 0 Å². The predicted molar refractivity (Wildman–Crippen MR) is 81.2 cm³/mol. The molecule has 0 N–H and O–H groups in total. The number of thiol groups is 1. The van der Waals surface area contributed by atoms with Gasteiger partial charge in [0.2, 0.25) is 0 Å². The van der Waals surface area contributed by atoms with Gasteiger partial charge in [0, 0.05) is 25.9 Å². The highest BCUT2D eigenvalue weighted by Crippen LogP contribution is 2.21. The molecule has 0 amide bonds. The lowest BCUT2D eigenvalue weighted by atomic mass is 10.2. The van der Waals surface area contributed by atoms with E-state index in [1.165, 1.54) is 5.56 Å². The summed E-state index contributed by atoms with van der Waals surface area (Å²) in [6, 6.07) is 8.22. The summed E-state index contributed by atoms with van der Waals surface area (Å²) in [6.45, 7) is 3.76. The topological polar surface area (TPSA) is 12.5 Å². The zero-order valence-electron chi connectivity index (χ0n) is 10.3. The van der Waals surface area contributed by atoms with Gasteiger partial charge in [-0.1, -0.05) is 30.4 Å². The molecule has 1 aromatic carbocycles. The Morgan fingerprint density at radius 3 is 2.65 bits per heavy atom. The molecule has 2 nitrogen and oxygen atoms in total.